The Kier molecular flexibility index (Phi) is 5.57. The maximum Gasteiger partial charge on any atom is 0.410 e. The van der Waals surface area contributed by atoms with Gasteiger partial charge >= 0.3 is 6.09 Å². The summed E-state index contributed by atoms with van der Waals surface area (Å²) in [5, 5.41) is 0. The van der Waals surface area contributed by atoms with E-state index in [9.17, 15) is 4.79 Å². The van der Waals surface area contributed by atoms with Gasteiger partial charge in [0.1, 0.15) is 12.4 Å². The lowest BCUT2D eigenvalue weighted by molar-refractivity contribution is -0.0331. The highest BCUT2D eigenvalue weighted by Gasteiger charge is 2.40. The Morgan fingerprint density at radius 2 is 1.69 bits per heavy atom. The molecule has 0 aromatic heterocycles. The van der Waals surface area contributed by atoms with Gasteiger partial charge in [0, 0.05) is 11.5 Å². The molecule has 0 saturated carbocycles. The number of amides is 1. The monoisotopic (exact) mass is 467 g/mol. The fraction of sp³-hybridized carbons (Fsp3) is 0.300. The van der Waals surface area contributed by atoms with Gasteiger partial charge in [-0.1, -0.05) is 66.2 Å². The Labute approximate surface area is 205 Å². The zero-order valence-corrected chi connectivity index (χ0v) is 20.1. The number of nitrogens with zero attached hydrogens (tertiary/aromatic N) is 1. The van der Waals surface area contributed by atoms with E-state index in [1.165, 1.54) is 33.4 Å². The average Bonchev–Trinajstić information content (AvgIpc) is 3.20. The number of hydrogen-bond acceptors (Lipinski definition) is 4. The van der Waals surface area contributed by atoms with Crippen molar-refractivity contribution in [1.29, 1.82) is 0 Å². The van der Waals surface area contributed by atoms with Gasteiger partial charge < -0.3 is 14.2 Å². The number of fused-ring (bicyclic) bond motifs is 5. The van der Waals surface area contributed by atoms with Crippen LogP contribution < -0.4 is 4.74 Å². The first-order valence-corrected chi connectivity index (χ1v) is 12.2. The van der Waals surface area contributed by atoms with Gasteiger partial charge in [0.05, 0.1) is 32.4 Å². The molecule has 3 aromatic carbocycles. The van der Waals surface area contributed by atoms with Crippen LogP contribution in [0.15, 0.2) is 72.8 Å². The Hall–Kier alpha value is -3.57. The lowest BCUT2D eigenvalue weighted by Gasteiger charge is -2.44. The number of ether oxygens (including phenoxy) is 3. The van der Waals surface area contributed by atoms with Crippen molar-refractivity contribution in [2.45, 2.75) is 31.3 Å². The van der Waals surface area contributed by atoms with Gasteiger partial charge in [-0.2, -0.15) is 0 Å². The Morgan fingerprint density at radius 3 is 2.37 bits per heavy atom. The molecule has 2 unspecified atom stereocenters. The van der Waals surface area contributed by atoms with Gasteiger partial charge in [0.15, 0.2) is 0 Å². The predicted molar refractivity (Wildman–Crippen MR) is 136 cm³/mol. The molecule has 2 atom stereocenters. The molecule has 6 rings (SSSR count). The second-order valence-electron chi connectivity index (χ2n) is 9.57. The standard InChI is InChI=1S/C30H29NO4/c1-19-11-12-29(33-2)27(13-19)20-14-21-16-34-17-22(15-20)31(21)30(32)35-18-28-25-9-5-3-7-23(25)24-8-4-6-10-26(24)28/h3-14,21-22,28H,15-18H2,1-2H3. The molecular weight excluding hydrogens is 438 g/mol. The van der Waals surface area contributed by atoms with Crippen molar-refractivity contribution >= 4 is 11.7 Å². The molecule has 0 N–H and O–H groups in total. The van der Waals surface area contributed by atoms with Crippen LogP contribution in [0.3, 0.4) is 0 Å². The van der Waals surface area contributed by atoms with E-state index in [1.807, 2.05) is 11.0 Å². The summed E-state index contributed by atoms with van der Waals surface area (Å²) in [5.74, 6) is 0.908. The molecule has 1 aliphatic carbocycles. The second kappa shape index (κ2) is 8.90. The summed E-state index contributed by atoms with van der Waals surface area (Å²) in [7, 11) is 1.70. The maximum absolute atomic E-state index is 13.4. The number of benzene rings is 3. The molecule has 1 saturated heterocycles. The Balaban J connectivity index is 1.23. The summed E-state index contributed by atoms with van der Waals surface area (Å²) in [4.78, 5) is 15.3. The lowest BCUT2D eigenvalue weighted by atomic mass is 9.89. The third-order valence-corrected chi connectivity index (χ3v) is 7.45. The van der Waals surface area contributed by atoms with E-state index in [1.54, 1.807) is 7.11 Å². The molecule has 3 aliphatic rings. The van der Waals surface area contributed by atoms with E-state index in [0.29, 0.717) is 26.2 Å². The fourth-order valence-electron chi connectivity index (χ4n) is 5.82. The van der Waals surface area contributed by atoms with E-state index in [2.05, 4.69) is 73.7 Å². The van der Waals surface area contributed by atoms with Gasteiger partial charge in [0.25, 0.3) is 0 Å². The molecule has 3 aromatic rings. The van der Waals surface area contributed by atoms with Crippen LogP contribution in [0.4, 0.5) is 4.79 Å². The van der Waals surface area contributed by atoms with Crippen LogP contribution in [0.2, 0.25) is 0 Å². The molecule has 1 fully saturated rings. The van der Waals surface area contributed by atoms with Crippen molar-refractivity contribution in [2.24, 2.45) is 0 Å². The van der Waals surface area contributed by atoms with Crippen molar-refractivity contribution in [1.82, 2.24) is 4.90 Å². The maximum atomic E-state index is 13.4. The quantitative estimate of drug-likeness (QED) is 0.486. The number of methoxy groups -OCH3 is 1. The SMILES string of the molecule is COc1ccc(C)cc1C1=CC2COCC(C1)N2C(=O)OCC1c2ccccc2-c2ccccc21. The molecule has 35 heavy (non-hydrogen) atoms. The third kappa shape index (κ3) is 3.80. The van der Waals surface area contributed by atoms with Gasteiger partial charge in [-0.3, -0.25) is 4.90 Å². The van der Waals surface area contributed by atoms with Crippen LogP contribution in [-0.2, 0) is 9.47 Å². The number of carbonyl (C=O) groups is 1. The molecule has 5 heteroatoms. The van der Waals surface area contributed by atoms with Crippen LogP contribution in [0.1, 0.15) is 34.6 Å². The molecule has 0 radical (unpaired) electrons. The summed E-state index contributed by atoms with van der Waals surface area (Å²) < 4.78 is 17.5. The van der Waals surface area contributed by atoms with E-state index in [4.69, 9.17) is 14.2 Å². The zero-order chi connectivity index (χ0) is 23.9. The van der Waals surface area contributed by atoms with Crippen molar-refractivity contribution in [3.63, 3.8) is 0 Å². The minimum absolute atomic E-state index is 0.0508. The Morgan fingerprint density at radius 1 is 0.971 bits per heavy atom. The fourth-order valence-corrected chi connectivity index (χ4v) is 5.82. The first-order valence-electron chi connectivity index (χ1n) is 12.2. The van der Waals surface area contributed by atoms with Gasteiger partial charge in [-0.15, -0.1) is 0 Å². The zero-order valence-electron chi connectivity index (χ0n) is 20.1. The second-order valence-corrected chi connectivity index (χ2v) is 9.57. The lowest BCUT2D eigenvalue weighted by Crippen LogP contribution is -2.56. The van der Waals surface area contributed by atoms with Crippen molar-refractivity contribution in [3.05, 3.63) is 95.1 Å². The molecule has 178 valence electrons. The molecule has 2 bridgehead atoms. The molecule has 1 amide bonds. The minimum Gasteiger partial charge on any atom is -0.496 e. The van der Waals surface area contributed by atoms with Crippen molar-refractivity contribution < 1.29 is 19.0 Å². The van der Waals surface area contributed by atoms with Gasteiger partial charge in [-0.25, -0.2) is 4.79 Å². The van der Waals surface area contributed by atoms with E-state index in [-0.39, 0.29) is 24.1 Å². The van der Waals surface area contributed by atoms with E-state index < -0.39 is 0 Å². The molecule has 5 nitrogen and oxygen atoms in total. The number of carbonyl (C=O) groups excluding carboxylic acids is 1. The first kappa shape index (κ1) is 21.9. The largest absolute Gasteiger partial charge is 0.496 e. The number of morpholine rings is 1. The summed E-state index contributed by atoms with van der Waals surface area (Å²) >= 11 is 0. The summed E-state index contributed by atoms with van der Waals surface area (Å²) in [6.45, 7) is 3.38. The van der Waals surface area contributed by atoms with E-state index >= 15 is 0 Å². The average molecular weight is 468 g/mol. The minimum atomic E-state index is -0.267. The van der Waals surface area contributed by atoms with Gasteiger partial charge in [0.2, 0.25) is 0 Å². The van der Waals surface area contributed by atoms with Crippen molar-refractivity contribution in [2.75, 3.05) is 26.9 Å². The van der Waals surface area contributed by atoms with Crippen LogP contribution in [0.25, 0.3) is 16.7 Å². The first-order chi connectivity index (χ1) is 17.1. The molecule has 2 heterocycles. The highest BCUT2D eigenvalue weighted by molar-refractivity contribution is 5.80. The normalized spacial score (nSPS) is 20.6. The van der Waals surface area contributed by atoms with Crippen LogP contribution >= 0.6 is 0 Å². The summed E-state index contributed by atoms with van der Waals surface area (Å²) in [6, 6.07) is 22.8. The summed E-state index contributed by atoms with van der Waals surface area (Å²) in [6.07, 6.45) is 2.59. The molecule has 0 spiro atoms. The van der Waals surface area contributed by atoms with Crippen LogP contribution in [-0.4, -0.2) is 50.0 Å². The van der Waals surface area contributed by atoms with E-state index in [0.717, 1.165) is 11.3 Å². The third-order valence-electron chi connectivity index (χ3n) is 7.45. The van der Waals surface area contributed by atoms with Crippen LogP contribution in [0.5, 0.6) is 5.75 Å². The molecular formula is C30H29NO4. The van der Waals surface area contributed by atoms with Gasteiger partial charge in [-0.05, 0) is 53.3 Å². The highest BCUT2D eigenvalue weighted by atomic mass is 16.6. The summed E-state index contributed by atoms with van der Waals surface area (Å²) in [5.41, 5.74) is 8.37. The number of aryl methyl sites for hydroxylation is 1. The predicted octanol–water partition coefficient (Wildman–Crippen LogP) is 5.81. The van der Waals surface area contributed by atoms with Crippen molar-refractivity contribution in [3.8, 4) is 16.9 Å². The molecule has 2 aliphatic heterocycles. The smallest absolute Gasteiger partial charge is 0.410 e. The number of hydrogen-bond donors (Lipinski definition) is 0. The Bertz CT molecular complexity index is 1270. The highest BCUT2D eigenvalue weighted by Crippen LogP contribution is 2.45. The topological polar surface area (TPSA) is 48.0 Å². The van der Waals surface area contributed by atoms with Crippen LogP contribution in [0, 0.1) is 6.92 Å². The number of rotatable bonds is 4.